The van der Waals surface area contributed by atoms with E-state index in [2.05, 4.69) is 38.1 Å². The summed E-state index contributed by atoms with van der Waals surface area (Å²) in [6.07, 6.45) is 22.1. The van der Waals surface area contributed by atoms with Gasteiger partial charge in [-0.25, -0.2) is 9.18 Å². The van der Waals surface area contributed by atoms with Gasteiger partial charge in [-0.15, -0.1) is 0 Å². The van der Waals surface area contributed by atoms with Crippen molar-refractivity contribution in [2.24, 2.45) is 0 Å². The van der Waals surface area contributed by atoms with E-state index < -0.39 is 5.63 Å². The van der Waals surface area contributed by atoms with E-state index in [1.807, 2.05) is 30.3 Å². The lowest BCUT2D eigenvalue weighted by molar-refractivity contribution is 0.520. The normalized spacial score (nSPS) is 11.6. The summed E-state index contributed by atoms with van der Waals surface area (Å²) >= 11 is 0. The molecule has 3 heteroatoms. The van der Waals surface area contributed by atoms with Crippen molar-refractivity contribution in [1.29, 1.82) is 0 Å². The maximum atomic E-state index is 15.4. The fraction of sp³-hybridized carbons (Fsp3) is 0.513. The minimum absolute atomic E-state index is 0.0858. The van der Waals surface area contributed by atoms with Crippen molar-refractivity contribution in [2.45, 2.75) is 129 Å². The summed E-state index contributed by atoms with van der Waals surface area (Å²) < 4.78 is 21.0. The molecular formula is C39H51FO2. The molecule has 4 aromatic rings. The topological polar surface area (TPSA) is 30.2 Å². The van der Waals surface area contributed by atoms with Crippen molar-refractivity contribution in [3.63, 3.8) is 0 Å². The molecule has 0 saturated heterocycles. The molecule has 3 aromatic carbocycles. The van der Waals surface area contributed by atoms with E-state index in [-0.39, 0.29) is 11.4 Å². The molecule has 42 heavy (non-hydrogen) atoms. The van der Waals surface area contributed by atoms with Gasteiger partial charge in [0.05, 0.1) is 5.39 Å². The molecule has 0 radical (unpaired) electrons. The molecule has 1 aromatic heterocycles. The van der Waals surface area contributed by atoms with Crippen molar-refractivity contribution in [3.8, 4) is 11.1 Å². The van der Waals surface area contributed by atoms with E-state index in [4.69, 9.17) is 4.42 Å². The predicted molar refractivity (Wildman–Crippen MR) is 178 cm³/mol. The Labute approximate surface area is 252 Å². The monoisotopic (exact) mass is 570 g/mol. The van der Waals surface area contributed by atoms with Gasteiger partial charge in [0, 0.05) is 10.8 Å². The number of unbranched alkanes of at least 4 members (excludes halogenated alkanes) is 14. The first-order valence-electron chi connectivity index (χ1n) is 16.9. The van der Waals surface area contributed by atoms with E-state index in [1.165, 1.54) is 95.5 Å². The Morgan fingerprint density at radius 1 is 0.548 bits per heavy atom. The SMILES string of the molecule is CCCCCCCCCCc1ccc(-c2ccc3c(c2)c(=O)oc2c(F)c(CCCCCCCCCC)ccc23)cc1. The molecular weight excluding hydrogens is 519 g/mol. The average molecular weight is 571 g/mol. The van der Waals surface area contributed by atoms with Crippen LogP contribution in [0.15, 0.2) is 63.8 Å². The second-order valence-corrected chi connectivity index (χ2v) is 12.2. The van der Waals surface area contributed by atoms with Crippen LogP contribution in [0.4, 0.5) is 4.39 Å². The van der Waals surface area contributed by atoms with Crippen molar-refractivity contribution in [1.82, 2.24) is 0 Å². The summed E-state index contributed by atoms with van der Waals surface area (Å²) in [5.74, 6) is -0.384. The zero-order valence-electron chi connectivity index (χ0n) is 26.1. The van der Waals surface area contributed by atoms with Gasteiger partial charge < -0.3 is 4.42 Å². The molecule has 0 unspecified atom stereocenters. The van der Waals surface area contributed by atoms with E-state index >= 15 is 4.39 Å². The molecule has 0 aliphatic carbocycles. The Morgan fingerprint density at radius 3 is 1.69 bits per heavy atom. The van der Waals surface area contributed by atoms with Gasteiger partial charge in [-0.3, -0.25) is 0 Å². The highest BCUT2D eigenvalue weighted by Crippen LogP contribution is 2.31. The van der Waals surface area contributed by atoms with Gasteiger partial charge >= 0.3 is 5.63 Å². The zero-order valence-corrected chi connectivity index (χ0v) is 26.1. The number of halogens is 1. The number of hydrogen-bond acceptors (Lipinski definition) is 2. The molecule has 4 rings (SSSR count). The molecule has 0 amide bonds. The number of rotatable bonds is 19. The molecule has 0 saturated carbocycles. The Morgan fingerprint density at radius 2 is 1.07 bits per heavy atom. The van der Waals surface area contributed by atoms with E-state index in [9.17, 15) is 4.79 Å². The highest BCUT2D eigenvalue weighted by Gasteiger charge is 2.15. The zero-order chi connectivity index (χ0) is 29.6. The summed E-state index contributed by atoms with van der Waals surface area (Å²) in [5, 5.41) is 1.90. The van der Waals surface area contributed by atoms with Crippen molar-refractivity contribution in [3.05, 3.63) is 82.0 Å². The minimum Gasteiger partial charge on any atom is -0.419 e. The van der Waals surface area contributed by atoms with E-state index in [0.29, 0.717) is 22.8 Å². The standard InChI is InChI=1S/C39H51FO2/c1-3-5-7-9-11-13-15-17-19-30-21-23-31(24-22-30)33-26-27-34-35-28-25-32(20-18-16-14-12-10-8-6-4-2)37(40)38(35)42-39(41)36(34)29-33/h21-29H,3-20H2,1-2H3. The quantitative estimate of drug-likeness (QED) is 0.0637. The van der Waals surface area contributed by atoms with Crippen molar-refractivity contribution >= 4 is 21.7 Å². The van der Waals surface area contributed by atoms with Crippen LogP contribution in [0.2, 0.25) is 0 Å². The average Bonchev–Trinajstić information content (AvgIpc) is 3.01. The number of fused-ring (bicyclic) bond motifs is 3. The molecule has 0 bridgehead atoms. The first-order valence-corrected chi connectivity index (χ1v) is 16.9. The van der Waals surface area contributed by atoms with Crippen LogP contribution in [-0.2, 0) is 12.8 Å². The van der Waals surface area contributed by atoms with Crippen LogP contribution < -0.4 is 5.63 Å². The van der Waals surface area contributed by atoms with Gasteiger partial charge in [0.25, 0.3) is 0 Å². The lowest BCUT2D eigenvalue weighted by atomic mass is 9.97. The van der Waals surface area contributed by atoms with Crippen LogP contribution in [0, 0.1) is 5.82 Å². The maximum absolute atomic E-state index is 15.4. The highest BCUT2D eigenvalue weighted by atomic mass is 19.1. The molecule has 2 nitrogen and oxygen atoms in total. The van der Waals surface area contributed by atoms with Crippen LogP contribution in [-0.4, -0.2) is 0 Å². The van der Waals surface area contributed by atoms with Crippen molar-refractivity contribution < 1.29 is 8.81 Å². The predicted octanol–water partition coefficient (Wildman–Crippen LogP) is 12.1. The van der Waals surface area contributed by atoms with Gasteiger partial charge in [0.2, 0.25) is 0 Å². The highest BCUT2D eigenvalue weighted by molar-refractivity contribution is 6.05. The number of hydrogen-bond donors (Lipinski definition) is 0. The molecule has 226 valence electrons. The first kappa shape index (κ1) is 32.0. The van der Waals surface area contributed by atoms with Crippen LogP contribution in [0.1, 0.15) is 128 Å². The second kappa shape index (κ2) is 17.2. The molecule has 0 aliphatic heterocycles. The van der Waals surface area contributed by atoms with Gasteiger partial charge in [0.1, 0.15) is 0 Å². The fourth-order valence-electron chi connectivity index (χ4n) is 6.15. The van der Waals surface area contributed by atoms with Gasteiger partial charge in [-0.05, 0) is 54.0 Å². The third-order valence-electron chi connectivity index (χ3n) is 8.81. The lowest BCUT2D eigenvalue weighted by Gasteiger charge is -2.10. The van der Waals surface area contributed by atoms with Gasteiger partial charge in [0.15, 0.2) is 11.4 Å². The first-order chi connectivity index (χ1) is 20.6. The van der Waals surface area contributed by atoms with E-state index in [1.54, 1.807) is 0 Å². The van der Waals surface area contributed by atoms with Crippen LogP contribution in [0.3, 0.4) is 0 Å². The molecule has 0 aliphatic rings. The fourth-order valence-corrected chi connectivity index (χ4v) is 6.15. The number of benzene rings is 3. The van der Waals surface area contributed by atoms with Crippen LogP contribution >= 0.6 is 0 Å². The third kappa shape index (κ3) is 9.03. The smallest absolute Gasteiger partial charge is 0.344 e. The molecule has 1 heterocycles. The number of aryl methyl sites for hydroxylation is 2. The summed E-state index contributed by atoms with van der Waals surface area (Å²) in [5.41, 5.74) is 3.65. The third-order valence-corrected chi connectivity index (χ3v) is 8.81. The Bertz CT molecular complexity index is 1430. The van der Waals surface area contributed by atoms with Gasteiger partial charge in [-0.2, -0.15) is 0 Å². The van der Waals surface area contributed by atoms with Gasteiger partial charge in [-0.1, -0.05) is 152 Å². The van der Waals surface area contributed by atoms with Crippen LogP contribution in [0.5, 0.6) is 0 Å². The van der Waals surface area contributed by atoms with E-state index in [0.717, 1.165) is 35.8 Å². The molecule has 0 fully saturated rings. The Kier molecular flexibility index (Phi) is 13.1. The lowest BCUT2D eigenvalue weighted by Crippen LogP contribution is -2.03. The summed E-state index contributed by atoms with van der Waals surface area (Å²) in [6.45, 7) is 4.50. The van der Waals surface area contributed by atoms with Crippen molar-refractivity contribution in [2.75, 3.05) is 0 Å². The molecule has 0 spiro atoms. The largest absolute Gasteiger partial charge is 0.419 e. The van der Waals surface area contributed by atoms with Crippen LogP contribution in [0.25, 0.3) is 32.9 Å². The summed E-state index contributed by atoms with van der Waals surface area (Å²) in [7, 11) is 0. The summed E-state index contributed by atoms with van der Waals surface area (Å²) in [4.78, 5) is 13.0. The summed E-state index contributed by atoms with van der Waals surface area (Å²) in [6, 6.07) is 18.3. The molecule has 0 atom stereocenters. The Hall–Kier alpha value is -2.94. The molecule has 0 N–H and O–H groups in total. The second-order valence-electron chi connectivity index (χ2n) is 12.2. The maximum Gasteiger partial charge on any atom is 0.344 e. The minimum atomic E-state index is -0.478. The Balaban J connectivity index is 1.36.